The molecule has 0 radical (unpaired) electrons. The van der Waals surface area contributed by atoms with E-state index in [1.807, 2.05) is 6.92 Å². The third-order valence-corrected chi connectivity index (χ3v) is 5.58. The van der Waals surface area contributed by atoms with E-state index in [2.05, 4.69) is 10.6 Å². The third kappa shape index (κ3) is 3.80. The van der Waals surface area contributed by atoms with Gasteiger partial charge in [0.2, 0.25) is 0 Å². The van der Waals surface area contributed by atoms with Gasteiger partial charge >= 0.3 is 0 Å². The number of rotatable bonds is 3. The van der Waals surface area contributed by atoms with Gasteiger partial charge in [0.15, 0.2) is 14.9 Å². The van der Waals surface area contributed by atoms with Crippen LogP contribution in [0.2, 0.25) is 0 Å². The second-order valence-electron chi connectivity index (χ2n) is 5.37. The molecule has 0 bridgehead atoms. The molecule has 0 aromatic carbocycles. The van der Waals surface area contributed by atoms with E-state index in [-0.39, 0.29) is 17.6 Å². The van der Waals surface area contributed by atoms with Crippen molar-refractivity contribution in [3.8, 4) is 0 Å². The average Bonchev–Trinajstić information content (AvgIpc) is 2.84. The fourth-order valence-electron chi connectivity index (χ4n) is 2.44. The van der Waals surface area contributed by atoms with Crippen LogP contribution in [0.3, 0.4) is 0 Å². The van der Waals surface area contributed by atoms with E-state index >= 15 is 0 Å². The van der Waals surface area contributed by atoms with Crippen LogP contribution >= 0.6 is 12.2 Å². The molecule has 2 unspecified atom stereocenters. The molecule has 2 fully saturated rings. The predicted molar refractivity (Wildman–Crippen MR) is 74.4 cm³/mol. The maximum absolute atomic E-state index is 11.5. The molecule has 2 saturated heterocycles. The zero-order valence-electron chi connectivity index (χ0n) is 10.6. The molecule has 0 aliphatic carbocycles. The molecule has 2 aliphatic rings. The molecule has 2 atom stereocenters. The minimum absolute atomic E-state index is 0.155. The molecule has 104 valence electrons. The van der Waals surface area contributed by atoms with E-state index in [1.165, 1.54) is 0 Å². The van der Waals surface area contributed by atoms with Crippen LogP contribution in [0.15, 0.2) is 0 Å². The van der Waals surface area contributed by atoms with Crippen LogP contribution in [-0.2, 0) is 14.6 Å². The molecule has 0 amide bonds. The summed E-state index contributed by atoms with van der Waals surface area (Å²) in [7, 11) is -2.90. The summed E-state index contributed by atoms with van der Waals surface area (Å²) in [6.45, 7) is 3.41. The van der Waals surface area contributed by atoms with Gasteiger partial charge in [-0.3, -0.25) is 0 Å². The lowest BCUT2D eigenvalue weighted by molar-refractivity contribution is 0.114. The van der Waals surface area contributed by atoms with Crippen molar-refractivity contribution in [2.45, 2.75) is 37.8 Å². The standard InChI is InChI=1S/C11H20N2O3S2/c1-11(4-6-18(14,15)8-11)13-10(17)12-7-9-3-2-5-16-9/h9H,2-8H2,1H3,(H2,12,13,17). The van der Waals surface area contributed by atoms with Gasteiger partial charge in [-0.15, -0.1) is 0 Å². The molecule has 7 heteroatoms. The first kappa shape index (κ1) is 14.0. The molecule has 0 saturated carbocycles. The summed E-state index contributed by atoms with van der Waals surface area (Å²) in [5.74, 6) is 0.395. The zero-order chi connectivity index (χ0) is 13.2. The third-order valence-electron chi connectivity index (χ3n) is 3.43. The van der Waals surface area contributed by atoms with Crippen LogP contribution in [0, 0.1) is 0 Å². The molecule has 2 aliphatic heterocycles. The van der Waals surface area contributed by atoms with Crippen molar-refractivity contribution in [2.24, 2.45) is 0 Å². The Morgan fingerprint density at radius 2 is 2.33 bits per heavy atom. The Kier molecular flexibility index (Phi) is 4.13. The van der Waals surface area contributed by atoms with Crippen molar-refractivity contribution in [1.29, 1.82) is 0 Å². The zero-order valence-corrected chi connectivity index (χ0v) is 12.2. The lowest BCUT2D eigenvalue weighted by Crippen LogP contribution is -2.51. The number of ether oxygens (including phenoxy) is 1. The first-order valence-electron chi connectivity index (χ1n) is 6.27. The minimum atomic E-state index is -2.90. The van der Waals surface area contributed by atoms with Crippen molar-refractivity contribution >= 4 is 27.2 Å². The van der Waals surface area contributed by atoms with Crippen LogP contribution in [0.25, 0.3) is 0 Å². The van der Waals surface area contributed by atoms with Crippen molar-refractivity contribution in [3.05, 3.63) is 0 Å². The molecule has 18 heavy (non-hydrogen) atoms. The Labute approximate surface area is 114 Å². The van der Waals surface area contributed by atoms with Gasteiger partial charge in [-0.05, 0) is 38.4 Å². The molecule has 5 nitrogen and oxygen atoms in total. The summed E-state index contributed by atoms with van der Waals surface area (Å²) in [4.78, 5) is 0. The van der Waals surface area contributed by atoms with Gasteiger partial charge in [-0.25, -0.2) is 8.42 Å². The number of hydrogen-bond donors (Lipinski definition) is 2. The van der Waals surface area contributed by atoms with Crippen LogP contribution in [-0.4, -0.2) is 49.8 Å². The fraction of sp³-hybridized carbons (Fsp3) is 0.909. The highest BCUT2D eigenvalue weighted by atomic mass is 32.2. The van der Waals surface area contributed by atoms with Gasteiger partial charge in [0.1, 0.15) is 0 Å². The summed E-state index contributed by atoms with van der Waals surface area (Å²) in [5.41, 5.74) is -0.431. The van der Waals surface area contributed by atoms with E-state index in [1.54, 1.807) is 0 Å². The second-order valence-corrected chi connectivity index (χ2v) is 7.97. The first-order valence-corrected chi connectivity index (χ1v) is 8.50. The summed E-state index contributed by atoms with van der Waals surface area (Å²) >= 11 is 5.20. The number of nitrogens with one attached hydrogen (secondary N) is 2. The highest BCUT2D eigenvalue weighted by molar-refractivity contribution is 7.91. The Morgan fingerprint density at radius 3 is 2.89 bits per heavy atom. The SMILES string of the molecule is CC1(NC(=S)NCC2CCCO2)CCS(=O)(=O)C1. The maximum atomic E-state index is 11.5. The average molecular weight is 292 g/mol. The van der Waals surface area contributed by atoms with Crippen molar-refractivity contribution < 1.29 is 13.2 Å². The van der Waals surface area contributed by atoms with Crippen LogP contribution in [0.1, 0.15) is 26.2 Å². The lowest BCUT2D eigenvalue weighted by Gasteiger charge is -2.26. The topological polar surface area (TPSA) is 67.4 Å². The van der Waals surface area contributed by atoms with Crippen molar-refractivity contribution in [1.82, 2.24) is 10.6 Å². The number of sulfone groups is 1. The number of hydrogen-bond acceptors (Lipinski definition) is 4. The van der Waals surface area contributed by atoms with Gasteiger partial charge in [0.05, 0.1) is 23.1 Å². The lowest BCUT2D eigenvalue weighted by atomic mass is 10.0. The van der Waals surface area contributed by atoms with E-state index < -0.39 is 15.4 Å². The summed E-state index contributed by atoms with van der Waals surface area (Å²) in [6.07, 6.45) is 2.99. The van der Waals surface area contributed by atoms with Gasteiger partial charge in [0, 0.05) is 13.2 Å². The van der Waals surface area contributed by atoms with Gasteiger partial charge in [0.25, 0.3) is 0 Å². The van der Waals surface area contributed by atoms with E-state index in [0.717, 1.165) is 19.4 Å². The maximum Gasteiger partial charge on any atom is 0.166 e. The first-order chi connectivity index (χ1) is 8.39. The molecule has 2 N–H and O–H groups in total. The molecule has 0 aromatic rings. The van der Waals surface area contributed by atoms with Crippen molar-refractivity contribution in [3.63, 3.8) is 0 Å². The highest BCUT2D eigenvalue weighted by Crippen LogP contribution is 2.22. The molecular weight excluding hydrogens is 272 g/mol. The minimum Gasteiger partial charge on any atom is -0.376 e. The molecule has 2 rings (SSSR count). The van der Waals surface area contributed by atoms with Gasteiger partial charge in [-0.1, -0.05) is 0 Å². The van der Waals surface area contributed by atoms with E-state index in [0.29, 0.717) is 18.1 Å². The normalized spacial score (nSPS) is 34.4. The summed E-state index contributed by atoms with van der Waals surface area (Å²) < 4.78 is 28.4. The smallest absolute Gasteiger partial charge is 0.166 e. The molecule has 0 spiro atoms. The molecular formula is C11H20N2O3S2. The highest BCUT2D eigenvalue weighted by Gasteiger charge is 2.38. The van der Waals surface area contributed by atoms with E-state index in [9.17, 15) is 8.42 Å². The van der Waals surface area contributed by atoms with Crippen LogP contribution in [0.5, 0.6) is 0 Å². The van der Waals surface area contributed by atoms with Gasteiger partial charge in [-0.2, -0.15) is 0 Å². The molecule has 2 heterocycles. The fourth-order valence-corrected chi connectivity index (χ4v) is 4.86. The van der Waals surface area contributed by atoms with Crippen molar-refractivity contribution in [2.75, 3.05) is 24.7 Å². The largest absolute Gasteiger partial charge is 0.376 e. The van der Waals surface area contributed by atoms with Crippen LogP contribution in [0.4, 0.5) is 0 Å². The summed E-state index contributed by atoms with van der Waals surface area (Å²) in [6, 6.07) is 0. The van der Waals surface area contributed by atoms with Gasteiger partial charge < -0.3 is 15.4 Å². The predicted octanol–water partition coefficient (Wildman–Crippen LogP) is 0.207. The molecule has 0 aromatic heterocycles. The van der Waals surface area contributed by atoms with E-state index in [4.69, 9.17) is 17.0 Å². The second kappa shape index (κ2) is 5.30. The number of thiocarbonyl (C=S) groups is 1. The quantitative estimate of drug-likeness (QED) is 0.725. The Bertz CT molecular complexity index is 418. The Hall–Kier alpha value is -0.400. The Balaban J connectivity index is 1.77. The summed E-state index contributed by atoms with van der Waals surface area (Å²) in [5, 5.41) is 6.74. The Morgan fingerprint density at radius 1 is 1.56 bits per heavy atom. The monoisotopic (exact) mass is 292 g/mol. The van der Waals surface area contributed by atoms with Crippen LogP contribution < -0.4 is 10.6 Å².